The van der Waals surface area contributed by atoms with Crippen LogP contribution in [0.5, 0.6) is 0 Å². The third kappa shape index (κ3) is 4.20. The van der Waals surface area contributed by atoms with Crippen molar-refractivity contribution in [2.75, 3.05) is 18.5 Å². The summed E-state index contributed by atoms with van der Waals surface area (Å²) < 4.78 is 0. The van der Waals surface area contributed by atoms with Gasteiger partial charge in [0.25, 0.3) is 0 Å². The van der Waals surface area contributed by atoms with Gasteiger partial charge in [-0.15, -0.1) is 0 Å². The highest BCUT2D eigenvalue weighted by Crippen LogP contribution is 2.29. The molecule has 3 nitrogen and oxygen atoms in total. The van der Waals surface area contributed by atoms with Crippen molar-refractivity contribution in [2.45, 2.75) is 58.5 Å². The Hall–Kier alpha value is -1.09. The van der Waals surface area contributed by atoms with Crippen LogP contribution in [0.15, 0.2) is 18.3 Å². The first-order valence-corrected chi connectivity index (χ1v) is 8.09. The van der Waals surface area contributed by atoms with Crippen LogP contribution in [-0.4, -0.2) is 24.6 Å². The number of pyridine rings is 1. The largest absolute Gasteiger partial charge is 0.372 e. The van der Waals surface area contributed by atoms with Gasteiger partial charge in [-0.1, -0.05) is 13.8 Å². The van der Waals surface area contributed by atoms with Crippen molar-refractivity contribution in [3.05, 3.63) is 24.0 Å². The molecule has 1 aliphatic rings. The van der Waals surface area contributed by atoms with Crippen molar-refractivity contribution >= 4 is 5.69 Å². The highest BCUT2D eigenvalue weighted by atomic mass is 15.1. The molecular weight excluding hydrogens is 246 g/mol. The quantitative estimate of drug-likeness (QED) is 0.804. The predicted molar refractivity (Wildman–Crippen MR) is 86.1 cm³/mol. The molecule has 0 radical (unpaired) electrons. The predicted octanol–water partition coefficient (Wildman–Crippen LogP) is 3.60. The SMILES string of the molecule is CCCNCc1cc(N(C)C2CCC(C)CC2)ccn1. The number of hydrogen-bond acceptors (Lipinski definition) is 3. The van der Waals surface area contributed by atoms with Gasteiger partial charge in [0.1, 0.15) is 0 Å². The van der Waals surface area contributed by atoms with E-state index in [1.54, 1.807) is 0 Å². The van der Waals surface area contributed by atoms with Gasteiger partial charge in [0.2, 0.25) is 0 Å². The lowest BCUT2D eigenvalue weighted by Crippen LogP contribution is -2.34. The van der Waals surface area contributed by atoms with Crippen LogP contribution in [-0.2, 0) is 6.54 Å². The second-order valence-corrected chi connectivity index (χ2v) is 6.21. The molecule has 1 saturated carbocycles. The van der Waals surface area contributed by atoms with E-state index < -0.39 is 0 Å². The van der Waals surface area contributed by atoms with E-state index in [0.29, 0.717) is 6.04 Å². The average molecular weight is 275 g/mol. The molecule has 0 aliphatic heterocycles. The second kappa shape index (κ2) is 7.63. The van der Waals surface area contributed by atoms with Gasteiger partial charge >= 0.3 is 0 Å². The van der Waals surface area contributed by atoms with Crippen molar-refractivity contribution in [3.8, 4) is 0 Å². The normalized spacial score (nSPS) is 22.8. The zero-order valence-corrected chi connectivity index (χ0v) is 13.2. The monoisotopic (exact) mass is 275 g/mol. The van der Waals surface area contributed by atoms with Crippen LogP contribution in [0.3, 0.4) is 0 Å². The van der Waals surface area contributed by atoms with Crippen LogP contribution in [0.4, 0.5) is 5.69 Å². The fourth-order valence-electron chi connectivity index (χ4n) is 3.02. The molecule has 1 aromatic heterocycles. The molecule has 1 aliphatic carbocycles. The first kappa shape index (κ1) is 15.3. The van der Waals surface area contributed by atoms with Crippen LogP contribution in [0.25, 0.3) is 0 Å². The Bertz CT molecular complexity index is 397. The first-order chi connectivity index (χ1) is 9.70. The van der Waals surface area contributed by atoms with Crippen molar-refractivity contribution in [3.63, 3.8) is 0 Å². The fraction of sp³-hybridized carbons (Fsp3) is 0.706. The molecule has 0 saturated heterocycles. The molecular formula is C17H29N3. The van der Waals surface area contributed by atoms with Gasteiger partial charge in [-0.05, 0) is 56.7 Å². The lowest BCUT2D eigenvalue weighted by atomic mass is 9.86. The zero-order valence-electron chi connectivity index (χ0n) is 13.2. The standard InChI is InChI=1S/C17H29N3/c1-4-10-18-13-15-12-17(9-11-19-15)20(3)16-7-5-14(2)6-8-16/h9,11-12,14,16,18H,4-8,10,13H2,1-3H3. The summed E-state index contributed by atoms with van der Waals surface area (Å²) in [6, 6.07) is 5.08. The maximum Gasteiger partial charge on any atom is 0.0562 e. The summed E-state index contributed by atoms with van der Waals surface area (Å²) in [4.78, 5) is 6.92. The van der Waals surface area contributed by atoms with E-state index in [1.807, 2.05) is 6.20 Å². The van der Waals surface area contributed by atoms with Crippen molar-refractivity contribution in [1.82, 2.24) is 10.3 Å². The minimum atomic E-state index is 0.699. The minimum absolute atomic E-state index is 0.699. The maximum atomic E-state index is 4.46. The summed E-state index contributed by atoms with van der Waals surface area (Å²) in [7, 11) is 2.24. The molecule has 2 rings (SSSR count). The summed E-state index contributed by atoms with van der Waals surface area (Å²) in [6.45, 7) is 6.49. The first-order valence-electron chi connectivity index (χ1n) is 8.09. The molecule has 0 amide bonds. The van der Waals surface area contributed by atoms with E-state index in [1.165, 1.54) is 37.8 Å². The van der Waals surface area contributed by atoms with Crippen LogP contribution in [0.1, 0.15) is 51.6 Å². The molecule has 3 heteroatoms. The summed E-state index contributed by atoms with van der Waals surface area (Å²) in [5.74, 6) is 0.908. The molecule has 0 atom stereocenters. The van der Waals surface area contributed by atoms with Crippen molar-refractivity contribution in [1.29, 1.82) is 0 Å². The Kier molecular flexibility index (Phi) is 5.84. The van der Waals surface area contributed by atoms with E-state index in [0.717, 1.165) is 24.7 Å². The molecule has 112 valence electrons. The minimum Gasteiger partial charge on any atom is -0.372 e. The summed E-state index contributed by atoms with van der Waals surface area (Å²) in [5, 5.41) is 3.42. The molecule has 0 bridgehead atoms. The molecule has 1 heterocycles. The molecule has 1 N–H and O–H groups in total. The molecule has 1 aromatic rings. The van der Waals surface area contributed by atoms with Gasteiger partial charge in [-0.25, -0.2) is 0 Å². The van der Waals surface area contributed by atoms with E-state index in [-0.39, 0.29) is 0 Å². The Morgan fingerprint density at radius 1 is 1.30 bits per heavy atom. The smallest absolute Gasteiger partial charge is 0.0562 e. The van der Waals surface area contributed by atoms with Crippen LogP contribution in [0, 0.1) is 5.92 Å². The molecule has 20 heavy (non-hydrogen) atoms. The van der Waals surface area contributed by atoms with Gasteiger partial charge < -0.3 is 10.2 Å². The topological polar surface area (TPSA) is 28.2 Å². The van der Waals surface area contributed by atoms with Crippen molar-refractivity contribution < 1.29 is 0 Å². The molecule has 0 unspecified atom stereocenters. The van der Waals surface area contributed by atoms with E-state index >= 15 is 0 Å². The Morgan fingerprint density at radius 2 is 2.05 bits per heavy atom. The summed E-state index contributed by atoms with van der Waals surface area (Å²) >= 11 is 0. The van der Waals surface area contributed by atoms with Gasteiger partial charge in [0.15, 0.2) is 0 Å². The highest BCUT2D eigenvalue weighted by molar-refractivity contribution is 5.46. The Labute approximate surface area is 123 Å². The fourth-order valence-corrected chi connectivity index (χ4v) is 3.02. The molecule has 0 spiro atoms. The molecule has 1 fully saturated rings. The summed E-state index contributed by atoms with van der Waals surface area (Å²) in [6.07, 6.45) is 8.49. The van der Waals surface area contributed by atoms with Gasteiger partial charge in [0, 0.05) is 31.5 Å². The number of aromatic nitrogens is 1. The number of nitrogens with one attached hydrogen (secondary N) is 1. The average Bonchev–Trinajstić information content (AvgIpc) is 2.48. The maximum absolute atomic E-state index is 4.46. The van der Waals surface area contributed by atoms with Crippen LogP contribution in [0.2, 0.25) is 0 Å². The van der Waals surface area contributed by atoms with Crippen LogP contribution < -0.4 is 10.2 Å². The summed E-state index contributed by atoms with van der Waals surface area (Å²) in [5.41, 5.74) is 2.46. The third-order valence-electron chi connectivity index (χ3n) is 4.47. The Balaban J connectivity index is 1.95. The lowest BCUT2D eigenvalue weighted by Gasteiger charge is -2.35. The van der Waals surface area contributed by atoms with Gasteiger partial charge in [0.05, 0.1) is 5.69 Å². The third-order valence-corrected chi connectivity index (χ3v) is 4.47. The number of rotatable bonds is 6. The number of anilines is 1. The number of nitrogens with zero attached hydrogens (tertiary/aromatic N) is 2. The second-order valence-electron chi connectivity index (χ2n) is 6.21. The lowest BCUT2D eigenvalue weighted by molar-refractivity contribution is 0.340. The van der Waals surface area contributed by atoms with Gasteiger partial charge in [-0.3, -0.25) is 4.98 Å². The zero-order chi connectivity index (χ0) is 14.4. The van der Waals surface area contributed by atoms with Crippen LogP contribution >= 0.6 is 0 Å². The highest BCUT2D eigenvalue weighted by Gasteiger charge is 2.22. The van der Waals surface area contributed by atoms with E-state index in [9.17, 15) is 0 Å². The Morgan fingerprint density at radius 3 is 2.75 bits per heavy atom. The van der Waals surface area contributed by atoms with E-state index in [4.69, 9.17) is 0 Å². The molecule has 0 aromatic carbocycles. The number of hydrogen-bond donors (Lipinski definition) is 1. The van der Waals surface area contributed by atoms with E-state index in [2.05, 4.69) is 48.2 Å². The van der Waals surface area contributed by atoms with Crippen molar-refractivity contribution in [2.24, 2.45) is 5.92 Å². The van der Waals surface area contributed by atoms with Gasteiger partial charge in [-0.2, -0.15) is 0 Å².